The summed E-state index contributed by atoms with van der Waals surface area (Å²) in [7, 11) is 0. The lowest BCUT2D eigenvalue weighted by molar-refractivity contribution is -0.385. The first-order chi connectivity index (χ1) is 8.52. The number of nitrogens with zero attached hydrogens (tertiary/aromatic N) is 2. The Hall–Kier alpha value is -2.43. The highest BCUT2D eigenvalue weighted by Crippen LogP contribution is 2.38. The van der Waals surface area contributed by atoms with E-state index in [0.29, 0.717) is 11.1 Å². The maximum absolute atomic E-state index is 11.0. The third kappa shape index (κ3) is 1.90. The number of para-hydroxylation sites is 1. The topological polar surface area (TPSA) is 76.3 Å². The van der Waals surface area contributed by atoms with Gasteiger partial charge in [-0.25, -0.2) is 0 Å². The van der Waals surface area contributed by atoms with E-state index in [0.717, 1.165) is 11.3 Å². The molecule has 1 N–H and O–H groups in total. The average Bonchev–Trinajstić information content (AvgIpc) is 2.32. The lowest BCUT2D eigenvalue weighted by Crippen LogP contribution is -1.96. The van der Waals surface area contributed by atoms with E-state index in [2.05, 4.69) is 4.98 Å². The molecule has 0 radical (unpaired) electrons. The molecule has 0 saturated carbocycles. The summed E-state index contributed by atoms with van der Waals surface area (Å²) in [5, 5.41) is 20.7. The minimum Gasteiger partial charge on any atom is -0.502 e. The SMILES string of the molecule is Cc1nccc(-c2cccc(O)c2[N+](=O)[O-])c1C. The van der Waals surface area contributed by atoms with E-state index in [-0.39, 0.29) is 11.4 Å². The summed E-state index contributed by atoms with van der Waals surface area (Å²) in [6.45, 7) is 3.69. The Bertz CT molecular complexity index is 624. The van der Waals surface area contributed by atoms with E-state index in [1.54, 1.807) is 24.4 Å². The number of phenols is 1. The Morgan fingerprint density at radius 2 is 1.94 bits per heavy atom. The second-order valence-corrected chi connectivity index (χ2v) is 4.00. The smallest absolute Gasteiger partial charge is 0.318 e. The number of rotatable bonds is 2. The number of nitro groups is 1. The molecule has 0 aliphatic heterocycles. The second kappa shape index (κ2) is 4.44. The van der Waals surface area contributed by atoms with Gasteiger partial charge in [-0.3, -0.25) is 15.1 Å². The van der Waals surface area contributed by atoms with Gasteiger partial charge in [0.1, 0.15) is 0 Å². The van der Waals surface area contributed by atoms with Crippen molar-refractivity contribution in [2.24, 2.45) is 0 Å². The molecule has 1 aromatic carbocycles. The van der Waals surface area contributed by atoms with Gasteiger partial charge in [-0.05, 0) is 43.2 Å². The van der Waals surface area contributed by atoms with Crippen molar-refractivity contribution in [1.82, 2.24) is 4.98 Å². The van der Waals surface area contributed by atoms with Gasteiger partial charge in [0, 0.05) is 11.9 Å². The summed E-state index contributed by atoms with van der Waals surface area (Å²) >= 11 is 0. The van der Waals surface area contributed by atoms with Crippen molar-refractivity contribution in [3.05, 3.63) is 51.8 Å². The fraction of sp³-hybridized carbons (Fsp3) is 0.154. The van der Waals surface area contributed by atoms with Crippen molar-refractivity contribution in [1.29, 1.82) is 0 Å². The number of nitro benzene ring substituents is 1. The normalized spacial score (nSPS) is 10.3. The summed E-state index contributed by atoms with van der Waals surface area (Å²) in [5.41, 5.74) is 2.52. The molecule has 2 rings (SSSR count). The van der Waals surface area contributed by atoms with E-state index in [9.17, 15) is 15.2 Å². The summed E-state index contributed by atoms with van der Waals surface area (Å²) in [6.07, 6.45) is 1.60. The molecule has 0 bridgehead atoms. The van der Waals surface area contributed by atoms with Crippen molar-refractivity contribution in [3.8, 4) is 16.9 Å². The van der Waals surface area contributed by atoms with Gasteiger partial charge in [0.2, 0.25) is 0 Å². The summed E-state index contributed by atoms with van der Waals surface area (Å²) < 4.78 is 0. The standard InChI is InChI=1S/C13H12N2O3/c1-8-9(2)14-7-6-10(8)11-4-3-5-12(16)13(11)15(17)18/h3-7,16H,1-2H3. The van der Waals surface area contributed by atoms with Crippen LogP contribution in [0.25, 0.3) is 11.1 Å². The Morgan fingerprint density at radius 3 is 2.61 bits per heavy atom. The third-order valence-electron chi connectivity index (χ3n) is 2.94. The van der Waals surface area contributed by atoms with Crippen LogP contribution >= 0.6 is 0 Å². The number of hydrogen-bond acceptors (Lipinski definition) is 4. The van der Waals surface area contributed by atoms with Gasteiger partial charge in [-0.2, -0.15) is 0 Å². The Labute approximate surface area is 104 Å². The third-order valence-corrected chi connectivity index (χ3v) is 2.94. The van der Waals surface area contributed by atoms with Crippen molar-refractivity contribution >= 4 is 5.69 Å². The second-order valence-electron chi connectivity index (χ2n) is 4.00. The van der Waals surface area contributed by atoms with E-state index < -0.39 is 4.92 Å². The lowest BCUT2D eigenvalue weighted by atomic mass is 9.98. The number of pyridine rings is 1. The van der Waals surface area contributed by atoms with Crippen LogP contribution < -0.4 is 0 Å². The van der Waals surface area contributed by atoms with Gasteiger partial charge < -0.3 is 5.11 Å². The van der Waals surface area contributed by atoms with Crippen LogP contribution in [-0.2, 0) is 0 Å². The molecule has 5 heteroatoms. The van der Waals surface area contributed by atoms with Gasteiger partial charge >= 0.3 is 5.69 Å². The maximum atomic E-state index is 11.0. The number of aromatic nitrogens is 1. The first kappa shape index (κ1) is 12.0. The fourth-order valence-corrected chi connectivity index (χ4v) is 1.87. The average molecular weight is 244 g/mol. The molecule has 0 fully saturated rings. The van der Waals surface area contributed by atoms with Crippen molar-refractivity contribution in [2.45, 2.75) is 13.8 Å². The molecule has 2 aromatic rings. The van der Waals surface area contributed by atoms with Crippen LogP contribution in [0.1, 0.15) is 11.3 Å². The Morgan fingerprint density at radius 1 is 1.22 bits per heavy atom. The molecule has 1 heterocycles. The Balaban J connectivity index is 2.75. The molecule has 1 aromatic heterocycles. The number of benzene rings is 1. The molecule has 18 heavy (non-hydrogen) atoms. The van der Waals surface area contributed by atoms with Crippen LogP contribution in [0, 0.1) is 24.0 Å². The number of aromatic hydroxyl groups is 1. The van der Waals surface area contributed by atoms with E-state index in [4.69, 9.17) is 0 Å². The highest BCUT2D eigenvalue weighted by molar-refractivity contribution is 5.79. The van der Waals surface area contributed by atoms with Crippen LogP contribution in [0.2, 0.25) is 0 Å². The number of phenolic OH excluding ortho intramolecular Hbond substituents is 1. The molecule has 0 unspecified atom stereocenters. The summed E-state index contributed by atoms with van der Waals surface area (Å²) in [4.78, 5) is 14.6. The minimum atomic E-state index is -0.570. The molecule has 92 valence electrons. The predicted molar refractivity (Wildman–Crippen MR) is 67.5 cm³/mol. The van der Waals surface area contributed by atoms with E-state index >= 15 is 0 Å². The van der Waals surface area contributed by atoms with Gasteiger partial charge in [-0.1, -0.05) is 6.07 Å². The van der Waals surface area contributed by atoms with Gasteiger partial charge in [0.05, 0.1) is 10.5 Å². The molecular weight excluding hydrogens is 232 g/mol. The Kier molecular flexibility index (Phi) is 2.97. The van der Waals surface area contributed by atoms with Gasteiger partial charge in [0.15, 0.2) is 5.75 Å². The quantitative estimate of drug-likeness (QED) is 0.650. The lowest BCUT2D eigenvalue weighted by Gasteiger charge is -2.09. The zero-order valence-electron chi connectivity index (χ0n) is 10.0. The van der Waals surface area contributed by atoms with Crippen LogP contribution in [0.3, 0.4) is 0 Å². The molecule has 0 atom stereocenters. The molecule has 5 nitrogen and oxygen atoms in total. The first-order valence-electron chi connectivity index (χ1n) is 5.41. The van der Waals surface area contributed by atoms with Gasteiger partial charge in [0.25, 0.3) is 0 Å². The monoisotopic (exact) mass is 244 g/mol. The number of aryl methyl sites for hydroxylation is 1. The molecule has 0 saturated heterocycles. The molecular formula is C13H12N2O3. The summed E-state index contributed by atoms with van der Waals surface area (Å²) in [6, 6.07) is 6.24. The molecule has 0 aliphatic carbocycles. The highest BCUT2D eigenvalue weighted by Gasteiger charge is 2.21. The van der Waals surface area contributed by atoms with E-state index in [1.165, 1.54) is 6.07 Å². The van der Waals surface area contributed by atoms with Crippen LogP contribution in [0.15, 0.2) is 30.5 Å². The first-order valence-corrected chi connectivity index (χ1v) is 5.41. The number of hydrogen-bond donors (Lipinski definition) is 1. The molecule has 0 amide bonds. The van der Waals surface area contributed by atoms with Crippen LogP contribution in [0.5, 0.6) is 5.75 Å². The van der Waals surface area contributed by atoms with Crippen molar-refractivity contribution < 1.29 is 10.0 Å². The largest absolute Gasteiger partial charge is 0.502 e. The molecule has 0 aliphatic rings. The maximum Gasteiger partial charge on any atom is 0.318 e. The zero-order valence-corrected chi connectivity index (χ0v) is 10.0. The zero-order chi connectivity index (χ0) is 13.3. The minimum absolute atomic E-state index is 0.272. The van der Waals surface area contributed by atoms with Crippen LogP contribution in [-0.4, -0.2) is 15.0 Å². The predicted octanol–water partition coefficient (Wildman–Crippen LogP) is 2.98. The molecule has 0 spiro atoms. The summed E-state index contributed by atoms with van der Waals surface area (Å²) in [5.74, 6) is -0.327. The fourth-order valence-electron chi connectivity index (χ4n) is 1.87. The van der Waals surface area contributed by atoms with E-state index in [1.807, 2.05) is 13.8 Å². The van der Waals surface area contributed by atoms with Crippen LogP contribution in [0.4, 0.5) is 5.69 Å². The van der Waals surface area contributed by atoms with Gasteiger partial charge in [-0.15, -0.1) is 0 Å². The van der Waals surface area contributed by atoms with Crippen molar-refractivity contribution in [2.75, 3.05) is 0 Å². The highest BCUT2D eigenvalue weighted by atomic mass is 16.6. The van der Waals surface area contributed by atoms with Crippen molar-refractivity contribution in [3.63, 3.8) is 0 Å².